The lowest BCUT2D eigenvalue weighted by molar-refractivity contribution is 0.583. The molecule has 0 radical (unpaired) electrons. The molecule has 1 N–H and O–H groups in total. The molecule has 7 heteroatoms. The number of aromatic nitrogens is 2. The molecule has 2 aromatic heterocycles. The highest BCUT2D eigenvalue weighted by Crippen LogP contribution is 2.20. The van der Waals surface area contributed by atoms with Crippen LogP contribution in [0.15, 0.2) is 59.1 Å². The van der Waals surface area contributed by atoms with E-state index in [2.05, 4.69) is 14.7 Å². The van der Waals surface area contributed by atoms with Crippen molar-refractivity contribution >= 4 is 21.4 Å². The highest BCUT2D eigenvalue weighted by atomic mass is 32.2. The predicted octanol–water partition coefficient (Wildman–Crippen LogP) is 3.03. The molecule has 0 saturated heterocycles. The Morgan fingerprint density at radius 1 is 1.04 bits per heavy atom. The molecule has 5 nitrogen and oxygen atoms in total. The molecule has 1 aromatic carbocycles. The second kappa shape index (κ2) is 7.21. The van der Waals surface area contributed by atoms with Gasteiger partial charge in [-0.15, -0.1) is 11.3 Å². The molecule has 0 spiro atoms. The summed E-state index contributed by atoms with van der Waals surface area (Å²) in [7, 11) is -3.43. The molecule has 2 heterocycles. The van der Waals surface area contributed by atoms with Gasteiger partial charge in [0.05, 0.1) is 0 Å². The Morgan fingerprint density at radius 3 is 2.38 bits per heavy atom. The lowest BCUT2D eigenvalue weighted by Crippen LogP contribution is -2.25. The number of benzene rings is 1. The van der Waals surface area contributed by atoms with E-state index in [0.717, 1.165) is 16.0 Å². The van der Waals surface area contributed by atoms with Crippen molar-refractivity contribution < 1.29 is 8.42 Å². The van der Waals surface area contributed by atoms with Gasteiger partial charge >= 0.3 is 0 Å². The first kappa shape index (κ1) is 16.8. The maximum atomic E-state index is 12.1. The van der Waals surface area contributed by atoms with Gasteiger partial charge in [0, 0.05) is 29.4 Å². The van der Waals surface area contributed by atoms with Gasteiger partial charge in [-0.1, -0.05) is 30.3 Å². The molecule has 24 heavy (non-hydrogen) atoms. The van der Waals surface area contributed by atoms with Gasteiger partial charge in [0.1, 0.15) is 4.21 Å². The quantitative estimate of drug-likeness (QED) is 0.734. The summed E-state index contributed by atoms with van der Waals surface area (Å²) >= 11 is 1.27. The minimum absolute atomic E-state index is 0.313. The van der Waals surface area contributed by atoms with Crippen LogP contribution in [0.3, 0.4) is 0 Å². The fraction of sp³-hybridized carbons (Fsp3) is 0.176. The van der Waals surface area contributed by atoms with Crippen molar-refractivity contribution in [2.75, 3.05) is 6.54 Å². The van der Waals surface area contributed by atoms with Gasteiger partial charge in [-0.2, -0.15) is 0 Å². The van der Waals surface area contributed by atoms with E-state index in [1.807, 2.05) is 37.3 Å². The summed E-state index contributed by atoms with van der Waals surface area (Å²) < 4.78 is 27.2. The maximum Gasteiger partial charge on any atom is 0.250 e. The molecular weight excluding hydrogens is 342 g/mol. The van der Waals surface area contributed by atoms with E-state index < -0.39 is 10.0 Å². The summed E-state index contributed by atoms with van der Waals surface area (Å²) in [5.74, 6) is 0.661. The molecule has 0 unspecified atom stereocenters. The Balaban J connectivity index is 1.59. The molecule has 0 aliphatic heterocycles. The van der Waals surface area contributed by atoms with Crippen molar-refractivity contribution in [2.24, 2.45) is 0 Å². The minimum atomic E-state index is -3.43. The summed E-state index contributed by atoms with van der Waals surface area (Å²) in [6.45, 7) is 2.20. The van der Waals surface area contributed by atoms with Crippen LogP contribution in [0.1, 0.15) is 10.4 Å². The Morgan fingerprint density at radius 2 is 1.75 bits per heavy atom. The summed E-state index contributed by atoms with van der Waals surface area (Å²) in [5, 5.41) is 0. The minimum Gasteiger partial charge on any atom is -0.236 e. The van der Waals surface area contributed by atoms with E-state index in [0.29, 0.717) is 23.0 Å². The zero-order valence-corrected chi connectivity index (χ0v) is 14.8. The Hall–Kier alpha value is -2.09. The van der Waals surface area contributed by atoms with Crippen LogP contribution in [-0.2, 0) is 16.4 Å². The zero-order valence-electron chi connectivity index (χ0n) is 13.1. The van der Waals surface area contributed by atoms with Gasteiger partial charge in [0.25, 0.3) is 0 Å². The molecular formula is C17H17N3O2S2. The summed E-state index contributed by atoms with van der Waals surface area (Å²) in [5.41, 5.74) is 1.84. The standard InChI is InChI=1S/C17H17N3O2S2/c1-13-7-8-16(23-13)24(21,22)20-10-9-14-11-18-17(19-12-14)15-5-3-2-4-6-15/h2-8,11-12,20H,9-10H2,1H3. The van der Waals surface area contributed by atoms with Gasteiger partial charge in [0.15, 0.2) is 5.82 Å². The lowest BCUT2D eigenvalue weighted by Gasteiger charge is -2.05. The number of sulfonamides is 1. The third-order valence-corrected chi connectivity index (χ3v) is 6.38. The third-order valence-electron chi connectivity index (χ3n) is 3.42. The molecule has 0 aliphatic rings. The number of nitrogens with zero attached hydrogens (tertiary/aromatic N) is 2. The third kappa shape index (κ3) is 4.05. The highest BCUT2D eigenvalue weighted by Gasteiger charge is 2.15. The largest absolute Gasteiger partial charge is 0.250 e. The van der Waals surface area contributed by atoms with Crippen LogP contribution < -0.4 is 4.72 Å². The van der Waals surface area contributed by atoms with Gasteiger partial charge in [-0.25, -0.2) is 23.1 Å². The number of nitrogens with one attached hydrogen (secondary N) is 1. The first-order valence-corrected chi connectivity index (χ1v) is 9.77. The first-order valence-electron chi connectivity index (χ1n) is 7.47. The van der Waals surface area contributed by atoms with Crippen LogP contribution in [0.5, 0.6) is 0 Å². The van der Waals surface area contributed by atoms with Crippen LogP contribution in [0.25, 0.3) is 11.4 Å². The molecule has 0 aliphatic carbocycles. The zero-order chi connectivity index (χ0) is 17.0. The van der Waals surface area contributed by atoms with Crippen LogP contribution in [-0.4, -0.2) is 24.9 Å². The van der Waals surface area contributed by atoms with Gasteiger partial charge in [-0.3, -0.25) is 0 Å². The average Bonchev–Trinajstić information content (AvgIpc) is 3.04. The highest BCUT2D eigenvalue weighted by molar-refractivity contribution is 7.91. The van der Waals surface area contributed by atoms with Crippen LogP contribution >= 0.6 is 11.3 Å². The van der Waals surface area contributed by atoms with Crippen molar-refractivity contribution in [3.05, 3.63) is 65.3 Å². The average molecular weight is 359 g/mol. The molecule has 124 valence electrons. The maximum absolute atomic E-state index is 12.1. The Kier molecular flexibility index (Phi) is 5.03. The number of hydrogen-bond acceptors (Lipinski definition) is 5. The van der Waals surface area contributed by atoms with Gasteiger partial charge < -0.3 is 0 Å². The van der Waals surface area contributed by atoms with Crippen LogP contribution in [0.4, 0.5) is 0 Å². The van der Waals surface area contributed by atoms with Crippen molar-refractivity contribution in [3.63, 3.8) is 0 Å². The molecule has 0 amide bonds. The monoisotopic (exact) mass is 359 g/mol. The van der Waals surface area contributed by atoms with E-state index in [9.17, 15) is 8.42 Å². The Labute approximate surface area is 145 Å². The van der Waals surface area contributed by atoms with E-state index in [1.165, 1.54) is 11.3 Å². The molecule has 0 bridgehead atoms. The molecule has 0 fully saturated rings. The summed E-state index contributed by atoms with van der Waals surface area (Å²) in [6, 6.07) is 13.1. The summed E-state index contributed by atoms with van der Waals surface area (Å²) in [4.78, 5) is 9.65. The van der Waals surface area contributed by atoms with Crippen molar-refractivity contribution in [3.8, 4) is 11.4 Å². The smallest absolute Gasteiger partial charge is 0.236 e. The Bertz CT molecular complexity index is 905. The number of thiophene rings is 1. The van der Waals surface area contributed by atoms with Crippen LogP contribution in [0.2, 0.25) is 0 Å². The van der Waals surface area contributed by atoms with Gasteiger partial charge in [0.2, 0.25) is 10.0 Å². The fourth-order valence-electron chi connectivity index (χ4n) is 2.18. The van der Waals surface area contributed by atoms with Gasteiger partial charge in [-0.05, 0) is 31.0 Å². The number of hydrogen-bond donors (Lipinski definition) is 1. The number of rotatable bonds is 6. The SMILES string of the molecule is Cc1ccc(S(=O)(=O)NCCc2cnc(-c3ccccc3)nc2)s1. The van der Waals surface area contributed by atoms with Crippen molar-refractivity contribution in [2.45, 2.75) is 17.6 Å². The predicted molar refractivity (Wildman–Crippen MR) is 95.4 cm³/mol. The second-order valence-electron chi connectivity index (χ2n) is 5.29. The lowest BCUT2D eigenvalue weighted by atomic mass is 10.2. The van der Waals surface area contributed by atoms with Crippen molar-refractivity contribution in [1.29, 1.82) is 0 Å². The molecule has 3 rings (SSSR count). The fourth-order valence-corrected chi connectivity index (χ4v) is 4.54. The van der Waals surface area contributed by atoms with Crippen molar-refractivity contribution in [1.82, 2.24) is 14.7 Å². The molecule has 0 atom stereocenters. The first-order chi connectivity index (χ1) is 11.5. The van der Waals surface area contributed by atoms with E-state index in [4.69, 9.17) is 0 Å². The number of aryl methyl sites for hydroxylation is 1. The van der Waals surface area contributed by atoms with Crippen LogP contribution in [0, 0.1) is 6.92 Å². The van der Waals surface area contributed by atoms with E-state index in [-0.39, 0.29) is 0 Å². The summed E-state index contributed by atoms with van der Waals surface area (Å²) in [6.07, 6.45) is 4.01. The molecule has 3 aromatic rings. The topological polar surface area (TPSA) is 72.0 Å². The van der Waals surface area contributed by atoms with E-state index >= 15 is 0 Å². The van der Waals surface area contributed by atoms with E-state index in [1.54, 1.807) is 24.5 Å². The molecule has 0 saturated carbocycles. The second-order valence-corrected chi connectivity index (χ2v) is 8.58. The normalized spacial score (nSPS) is 11.5.